The maximum Gasteiger partial charge on any atom is 0.305 e. The molecule has 0 aromatic rings. The van der Waals surface area contributed by atoms with Gasteiger partial charge < -0.3 is 9.16 Å². The van der Waals surface area contributed by atoms with Crippen molar-refractivity contribution in [3.8, 4) is 0 Å². The molecule has 0 aromatic heterocycles. The normalized spacial score (nSPS) is 15.8. The number of ketones is 1. The molecule has 0 saturated carbocycles. The number of unbranched alkanes of at least 4 members (excludes halogenated alkanes) is 3. The van der Waals surface area contributed by atoms with Crippen molar-refractivity contribution >= 4 is 20.1 Å². The van der Waals surface area contributed by atoms with Crippen LogP contribution in [-0.4, -0.2) is 27.2 Å². The molecule has 0 atom stereocenters. The van der Waals surface area contributed by atoms with E-state index in [-0.39, 0.29) is 16.8 Å². The summed E-state index contributed by atoms with van der Waals surface area (Å²) in [6.07, 6.45) is 6.51. The first-order chi connectivity index (χ1) is 11.1. The van der Waals surface area contributed by atoms with E-state index in [9.17, 15) is 9.59 Å². The minimum Gasteiger partial charge on any atom is -0.546 e. The molecule has 0 aromatic carbocycles. The molecule has 0 unspecified atom stereocenters. The Morgan fingerprint density at radius 2 is 1.71 bits per heavy atom. The van der Waals surface area contributed by atoms with E-state index in [0.717, 1.165) is 49.9 Å². The van der Waals surface area contributed by atoms with Gasteiger partial charge in [0.2, 0.25) is 8.32 Å². The van der Waals surface area contributed by atoms with E-state index in [2.05, 4.69) is 38.6 Å². The van der Waals surface area contributed by atoms with E-state index in [1.54, 1.807) is 0 Å². The van der Waals surface area contributed by atoms with Crippen LogP contribution >= 0.6 is 0 Å². The van der Waals surface area contributed by atoms with Crippen LogP contribution in [0.1, 0.15) is 72.1 Å². The van der Waals surface area contributed by atoms with E-state index in [0.29, 0.717) is 12.8 Å². The van der Waals surface area contributed by atoms with Gasteiger partial charge in [0.1, 0.15) is 0 Å². The number of hydrogen-bond donors (Lipinski definition) is 0. The molecule has 1 aliphatic rings. The van der Waals surface area contributed by atoms with Gasteiger partial charge >= 0.3 is 5.97 Å². The standard InChI is InChI=1S/C19H34O4Si/c1-19(2,3)24(5,6)23-17-14-13-16(20)15(17)11-9-7-8-10-12-18(21)22-4/h7-14H2,1-6H3. The van der Waals surface area contributed by atoms with Crippen molar-refractivity contribution in [1.29, 1.82) is 0 Å². The summed E-state index contributed by atoms with van der Waals surface area (Å²) in [5, 5.41) is 0.143. The van der Waals surface area contributed by atoms with Crippen LogP contribution in [0.4, 0.5) is 0 Å². The zero-order valence-electron chi connectivity index (χ0n) is 16.3. The summed E-state index contributed by atoms with van der Waals surface area (Å²) >= 11 is 0. The van der Waals surface area contributed by atoms with Crippen LogP contribution in [0.3, 0.4) is 0 Å². The van der Waals surface area contributed by atoms with E-state index in [4.69, 9.17) is 4.43 Å². The highest BCUT2D eigenvalue weighted by atomic mass is 28.4. The largest absolute Gasteiger partial charge is 0.546 e. The van der Waals surface area contributed by atoms with Gasteiger partial charge in [-0.1, -0.05) is 33.6 Å². The molecule has 138 valence electrons. The molecule has 0 N–H and O–H groups in total. The minimum atomic E-state index is -1.88. The van der Waals surface area contributed by atoms with Crippen molar-refractivity contribution in [3.05, 3.63) is 11.3 Å². The topological polar surface area (TPSA) is 52.6 Å². The lowest BCUT2D eigenvalue weighted by Gasteiger charge is -2.37. The molecule has 0 aliphatic heterocycles. The number of carbonyl (C=O) groups excluding carboxylic acids is 2. The lowest BCUT2D eigenvalue weighted by molar-refractivity contribution is -0.140. The molecule has 1 rings (SSSR count). The van der Waals surface area contributed by atoms with Crippen molar-refractivity contribution in [1.82, 2.24) is 0 Å². The average Bonchev–Trinajstić information content (AvgIpc) is 2.81. The average molecular weight is 355 g/mol. The number of allylic oxidation sites excluding steroid dienone is 2. The maximum absolute atomic E-state index is 12.2. The second-order valence-electron chi connectivity index (χ2n) is 8.18. The molecule has 0 saturated heterocycles. The Morgan fingerprint density at radius 1 is 1.08 bits per heavy atom. The molecule has 5 heteroatoms. The summed E-state index contributed by atoms with van der Waals surface area (Å²) in [5.74, 6) is 1.08. The molecule has 4 nitrogen and oxygen atoms in total. The van der Waals surface area contributed by atoms with Gasteiger partial charge in [0.25, 0.3) is 0 Å². The first-order valence-electron chi connectivity index (χ1n) is 9.09. The Labute approximate surface area is 148 Å². The number of rotatable bonds is 9. The zero-order chi connectivity index (χ0) is 18.4. The Balaban J connectivity index is 2.51. The van der Waals surface area contributed by atoms with Gasteiger partial charge in [0.15, 0.2) is 5.78 Å². The third-order valence-electron chi connectivity index (χ3n) is 5.22. The summed E-state index contributed by atoms with van der Waals surface area (Å²) in [7, 11) is -0.459. The minimum absolute atomic E-state index is 0.143. The Bertz CT molecular complexity index is 486. The number of ether oxygens (including phenoxy) is 1. The van der Waals surface area contributed by atoms with Gasteiger partial charge in [-0.25, -0.2) is 0 Å². The second kappa shape index (κ2) is 8.84. The third-order valence-corrected chi connectivity index (χ3v) is 9.59. The lowest BCUT2D eigenvalue weighted by atomic mass is 10.0. The van der Waals surface area contributed by atoms with E-state index < -0.39 is 8.32 Å². The van der Waals surface area contributed by atoms with Crippen LogP contribution in [0, 0.1) is 0 Å². The smallest absolute Gasteiger partial charge is 0.305 e. The fourth-order valence-corrected chi connectivity index (χ4v) is 3.71. The monoisotopic (exact) mass is 354 g/mol. The van der Waals surface area contributed by atoms with Crippen LogP contribution in [0.2, 0.25) is 18.1 Å². The third kappa shape index (κ3) is 6.08. The Hall–Kier alpha value is -1.10. The fourth-order valence-electron chi connectivity index (χ4n) is 2.56. The molecule has 0 heterocycles. The van der Waals surface area contributed by atoms with Crippen molar-refractivity contribution in [2.75, 3.05) is 7.11 Å². The van der Waals surface area contributed by atoms with Crippen molar-refractivity contribution < 1.29 is 18.8 Å². The number of Topliss-reactive ketones (excluding diaryl/α,β-unsaturated/α-hetero) is 1. The van der Waals surface area contributed by atoms with Crippen molar-refractivity contribution in [2.24, 2.45) is 0 Å². The molecule has 24 heavy (non-hydrogen) atoms. The van der Waals surface area contributed by atoms with Crippen LogP contribution in [-0.2, 0) is 18.8 Å². The molecular formula is C19H34O4Si. The Kier molecular flexibility index (Phi) is 7.71. The fraction of sp³-hybridized carbons (Fsp3) is 0.789. The number of methoxy groups -OCH3 is 1. The summed E-state index contributed by atoms with van der Waals surface area (Å²) < 4.78 is 11.0. The molecule has 1 aliphatic carbocycles. The highest BCUT2D eigenvalue weighted by Crippen LogP contribution is 2.40. The lowest BCUT2D eigenvalue weighted by Crippen LogP contribution is -2.40. The van der Waals surface area contributed by atoms with Gasteiger partial charge in [0, 0.05) is 24.8 Å². The van der Waals surface area contributed by atoms with Crippen molar-refractivity contribution in [2.45, 2.75) is 90.3 Å². The Morgan fingerprint density at radius 3 is 2.29 bits per heavy atom. The van der Waals surface area contributed by atoms with Crippen LogP contribution in [0.15, 0.2) is 11.3 Å². The predicted molar refractivity (Wildman–Crippen MR) is 99.3 cm³/mol. The molecular weight excluding hydrogens is 320 g/mol. The zero-order valence-corrected chi connectivity index (χ0v) is 17.3. The summed E-state index contributed by atoms with van der Waals surface area (Å²) in [4.78, 5) is 23.3. The van der Waals surface area contributed by atoms with Crippen LogP contribution < -0.4 is 0 Å². The van der Waals surface area contributed by atoms with Crippen LogP contribution in [0.25, 0.3) is 0 Å². The molecule has 0 amide bonds. The molecule has 0 fully saturated rings. The number of hydrogen-bond acceptors (Lipinski definition) is 4. The highest BCUT2D eigenvalue weighted by Gasteiger charge is 2.40. The summed E-state index contributed by atoms with van der Waals surface area (Å²) in [5.41, 5.74) is 0.924. The number of esters is 1. The van der Waals surface area contributed by atoms with E-state index in [1.807, 2.05) is 0 Å². The predicted octanol–water partition coefficient (Wildman–Crippen LogP) is 5.14. The number of carbonyl (C=O) groups is 2. The van der Waals surface area contributed by atoms with Gasteiger partial charge in [0.05, 0.1) is 12.9 Å². The van der Waals surface area contributed by atoms with E-state index >= 15 is 0 Å². The second-order valence-corrected chi connectivity index (χ2v) is 12.9. The molecule has 0 radical (unpaired) electrons. The first-order valence-corrected chi connectivity index (χ1v) is 12.0. The highest BCUT2D eigenvalue weighted by molar-refractivity contribution is 6.74. The first kappa shape index (κ1) is 20.9. The molecule has 0 bridgehead atoms. The quantitative estimate of drug-likeness (QED) is 0.327. The summed E-state index contributed by atoms with van der Waals surface area (Å²) in [6, 6.07) is 0. The van der Waals surface area contributed by atoms with E-state index in [1.165, 1.54) is 7.11 Å². The maximum atomic E-state index is 12.2. The SMILES string of the molecule is COC(=O)CCCCCCC1=C(O[Si](C)(C)C(C)(C)C)CCC1=O. The van der Waals surface area contributed by atoms with Gasteiger partial charge in [-0.05, 0) is 37.4 Å². The van der Waals surface area contributed by atoms with Gasteiger partial charge in [-0.3, -0.25) is 9.59 Å². The van der Waals surface area contributed by atoms with Gasteiger partial charge in [-0.2, -0.15) is 0 Å². The summed E-state index contributed by atoms with van der Waals surface area (Å²) in [6.45, 7) is 11.1. The van der Waals surface area contributed by atoms with Crippen LogP contribution in [0.5, 0.6) is 0 Å². The van der Waals surface area contributed by atoms with Gasteiger partial charge in [-0.15, -0.1) is 0 Å². The molecule has 0 spiro atoms. The van der Waals surface area contributed by atoms with Crippen molar-refractivity contribution in [3.63, 3.8) is 0 Å².